The van der Waals surface area contributed by atoms with Gasteiger partial charge in [-0.1, -0.05) is 12.1 Å². The van der Waals surface area contributed by atoms with Gasteiger partial charge in [0.2, 0.25) is 5.91 Å². The second-order valence-electron chi connectivity index (χ2n) is 4.29. The molecule has 0 aliphatic heterocycles. The Kier molecular flexibility index (Phi) is 4.07. The van der Waals surface area contributed by atoms with Crippen LogP contribution in [-0.2, 0) is 11.3 Å². The molecule has 0 aliphatic carbocycles. The maximum Gasteiger partial charge on any atom is 0.292 e. The van der Waals surface area contributed by atoms with Gasteiger partial charge in [-0.05, 0) is 19.1 Å². The van der Waals surface area contributed by atoms with Gasteiger partial charge in [-0.25, -0.2) is 4.68 Å². The first-order valence-corrected chi connectivity index (χ1v) is 6.05. The number of anilines is 1. The van der Waals surface area contributed by atoms with Crippen LogP contribution in [0.4, 0.5) is 11.4 Å². The molecule has 1 aromatic heterocycles. The number of carbonyl (C=O) groups is 1. The van der Waals surface area contributed by atoms with E-state index in [1.54, 1.807) is 19.1 Å². The molecule has 0 radical (unpaired) electrons. The molecule has 0 fully saturated rings. The molecular weight excluding hydrogens is 276 g/mol. The Balaban J connectivity index is 2.18. The minimum absolute atomic E-state index is 0.0770. The van der Waals surface area contributed by atoms with Gasteiger partial charge in [0, 0.05) is 12.1 Å². The molecule has 1 heterocycles. The molecule has 1 aromatic carbocycles. The zero-order valence-electron chi connectivity index (χ0n) is 11.1. The van der Waals surface area contributed by atoms with Crippen LogP contribution in [0.1, 0.15) is 5.69 Å². The van der Waals surface area contributed by atoms with Gasteiger partial charge < -0.3 is 5.32 Å². The van der Waals surface area contributed by atoms with Crippen molar-refractivity contribution in [1.29, 1.82) is 0 Å². The number of hydrogen-bond donors (Lipinski definition) is 1. The fourth-order valence-corrected chi connectivity index (χ4v) is 1.73. The van der Waals surface area contributed by atoms with E-state index >= 15 is 0 Å². The van der Waals surface area contributed by atoms with E-state index in [1.165, 1.54) is 24.3 Å². The van der Waals surface area contributed by atoms with Crippen molar-refractivity contribution in [3.8, 4) is 0 Å². The number of carbonyl (C=O) groups excluding carboxylic acids is 1. The lowest BCUT2D eigenvalue weighted by Crippen LogP contribution is -2.29. The zero-order valence-corrected chi connectivity index (χ0v) is 11.1. The van der Waals surface area contributed by atoms with Crippen LogP contribution < -0.4 is 10.9 Å². The molecule has 0 saturated heterocycles. The summed E-state index contributed by atoms with van der Waals surface area (Å²) in [6, 6.07) is 8.62. The maximum atomic E-state index is 11.9. The lowest BCUT2D eigenvalue weighted by Gasteiger charge is -2.07. The number of nitro groups is 1. The van der Waals surface area contributed by atoms with Crippen LogP contribution in [0.25, 0.3) is 0 Å². The van der Waals surface area contributed by atoms with Gasteiger partial charge in [0.05, 0.1) is 10.6 Å². The standard InChI is InChI=1S/C13H12N4O4/c1-9-6-7-13(19)16(15-9)8-12(18)14-10-4-2-3-5-11(10)17(20)21/h2-7H,8H2,1H3,(H,14,18). The Morgan fingerprint density at radius 2 is 2.05 bits per heavy atom. The topological polar surface area (TPSA) is 107 Å². The second-order valence-corrected chi connectivity index (χ2v) is 4.29. The minimum atomic E-state index is -0.591. The normalized spacial score (nSPS) is 10.1. The summed E-state index contributed by atoms with van der Waals surface area (Å²) < 4.78 is 0.999. The molecule has 0 bridgehead atoms. The smallest absolute Gasteiger partial charge is 0.292 e. The van der Waals surface area contributed by atoms with Crippen LogP contribution in [0.3, 0.4) is 0 Å². The number of benzene rings is 1. The van der Waals surface area contributed by atoms with E-state index in [-0.39, 0.29) is 17.9 Å². The predicted octanol–water partition coefficient (Wildman–Crippen LogP) is 1.10. The van der Waals surface area contributed by atoms with Crippen molar-refractivity contribution in [2.45, 2.75) is 13.5 Å². The summed E-state index contributed by atoms with van der Waals surface area (Å²) in [6.07, 6.45) is 0. The Morgan fingerprint density at radius 3 is 2.76 bits per heavy atom. The van der Waals surface area contributed by atoms with E-state index in [0.717, 1.165) is 4.68 Å². The van der Waals surface area contributed by atoms with Crippen LogP contribution in [0.5, 0.6) is 0 Å². The third kappa shape index (κ3) is 3.50. The molecule has 1 N–H and O–H groups in total. The predicted molar refractivity (Wildman–Crippen MR) is 75.0 cm³/mol. The van der Waals surface area contributed by atoms with Gasteiger partial charge in [-0.3, -0.25) is 19.7 Å². The van der Waals surface area contributed by atoms with Crippen LogP contribution in [0.15, 0.2) is 41.2 Å². The molecule has 8 heteroatoms. The molecule has 1 amide bonds. The minimum Gasteiger partial charge on any atom is -0.319 e. The molecule has 21 heavy (non-hydrogen) atoms. The first-order valence-electron chi connectivity index (χ1n) is 6.05. The van der Waals surface area contributed by atoms with Crippen molar-refractivity contribution in [2.24, 2.45) is 0 Å². The van der Waals surface area contributed by atoms with Gasteiger partial charge in [0.15, 0.2) is 0 Å². The third-order valence-corrected chi connectivity index (χ3v) is 2.67. The van der Waals surface area contributed by atoms with E-state index in [0.29, 0.717) is 5.69 Å². The van der Waals surface area contributed by atoms with Crippen molar-refractivity contribution in [3.63, 3.8) is 0 Å². The Morgan fingerprint density at radius 1 is 1.33 bits per heavy atom. The van der Waals surface area contributed by atoms with Gasteiger partial charge in [-0.2, -0.15) is 5.10 Å². The highest BCUT2D eigenvalue weighted by Gasteiger charge is 2.15. The number of aryl methyl sites for hydroxylation is 1. The second kappa shape index (κ2) is 5.95. The summed E-state index contributed by atoms with van der Waals surface area (Å²) in [5.74, 6) is -0.565. The van der Waals surface area contributed by atoms with Crippen LogP contribution in [-0.4, -0.2) is 20.6 Å². The largest absolute Gasteiger partial charge is 0.319 e. The summed E-state index contributed by atoms with van der Waals surface area (Å²) in [5, 5.41) is 17.2. The Bertz CT molecular complexity index is 754. The van der Waals surface area contributed by atoms with Crippen LogP contribution in [0, 0.1) is 17.0 Å². The third-order valence-electron chi connectivity index (χ3n) is 2.67. The number of aromatic nitrogens is 2. The van der Waals surface area contributed by atoms with Gasteiger partial charge in [-0.15, -0.1) is 0 Å². The van der Waals surface area contributed by atoms with E-state index in [4.69, 9.17) is 0 Å². The van der Waals surface area contributed by atoms with Gasteiger partial charge >= 0.3 is 0 Å². The molecule has 108 valence electrons. The average molecular weight is 288 g/mol. The van der Waals surface area contributed by atoms with E-state index in [2.05, 4.69) is 10.4 Å². The molecule has 0 spiro atoms. The van der Waals surface area contributed by atoms with E-state index in [9.17, 15) is 19.7 Å². The lowest BCUT2D eigenvalue weighted by atomic mass is 10.2. The van der Waals surface area contributed by atoms with E-state index in [1.807, 2.05) is 0 Å². The van der Waals surface area contributed by atoms with Crippen molar-refractivity contribution in [1.82, 2.24) is 9.78 Å². The first kappa shape index (κ1) is 14.4. The fourth-order valence-electron chi connectivity index (χ4n) is 1.73. The van der Waals surface area contributed by atoms with Crippen LogP contribution >= 0.6 is 0 Å². The number of nitrogens with zero attached hydrogens (tertiary/aromatic N) is 3. The first-order chi connectivity index (χ1) is 9.97. The van der Waals surface area contributed by atoms with E-state index < -0.39 is 16.4 Å². The number of nitrogens with one attached hydrogen (secondary N) is 1. The molecule has 8 nitrogen and oxygen atoms in total. The number of para-hydroxylation sites is 2. The summed E-state index contributed by atoms with van der Waals surface area (Å²) in [6.45, 7) is 1.38. The highest BCUT2D eigenvalue weighted by atomic mass is 16.6. The molecule has 0 saturated carbocycles. The van der Waals surface area contributed by atoms with Crippen molar-refractivity contribution < 1.29 is 9.72 Å². The fraction of sp³-hybridized carbons (Fsp3) is 0.154. The monoisotopic (exact) mass is 288 g/mol. The molecule has 0 unspecified atom stereocenters. The number of nitro benzene ring substituents is 1. The average Bonchev–Trinajstić information content (AvgIpc) is 2.43. The summed E-state index contributed by atoms with van der Waals surface area (Å²) in [7, 11) is 0. The van der Waals surface area contributed by atoms with Crippen LogP contribution in [0.2, 0.25) is 0 Å². The summed E-state index contributed by atoms with van der Waals surface area (Å²) in [4.78, 5) is 33.7. The summed E-state index contributed by atoms with van der Waals surface area (Å²) >= 11 is 0. The number of rotatable bonds is 4. The quantitative estimate of drug-likeness (QED) is 0.669. The zero-order chi connectivity index (χ0) is 15.4. The molecule has 2 aromatic rings. The maximum absolute atomic E-state index is 11.9. The van der Waals surface area contributed by atoms with Crippen molar-refractivity contribution in [3.05, 3.63) is 62.6 Å². The lowest BCUT2D eigenvalue weighted by molar-refractivity contribution is -0.383. The van der Waals surface area contributed by atoms with Crippen molar-refractivity contribution >= 4 is 17.3 Å². The number of hydrogen-bond acceptors (Lipinski definition) is 5. The SMILES string of the molecule is Cc1ccc(=O)n(CC(=O)Nc2ccccc2[N+](=O)[O-])n1. The molecule has 0 atom stereocenters. The molecular formula is C13H12N4O4. The molecule has 2 rings (SSSR count). The highest BCUT2D eigenvalue weighted by molar-refractivity contribution is 5.92. The van der Waals surface area contributed by atoms with Gasteiger partial charge in [0.1, 0.15) is 12.2 Å². The van der Waals surface area contributed by atoms with Crippen molar-refractivity contribution in [2.75, 3.05) is 5.32 Å². The Hall–Kier alpha value is -3.03. The van der Waals surface area contributed by atoms with Gasteiger partial charge in [0.25, 0.3) is 11.2 Å². The highest BCUT2D eigenvalue weighted by Crippen LogP contribution is 2.22. The molecule has 0 aliphatic rings. The Labute approximate surface area is 119 Å². The number of amides is 1. The summed E-state index contributed by atoms with van der Waals surface area (Å²) in [5.41, 5.74) is 0.0370.